The molecule has 1 aromatic rings. The molecule has 0 radical (unpaired) electrons. The Morgan fingerprint density at radius 1 is 1.39 bits per heavy atom. The van der Waals surface area contributed by atoms with Crippen LogP contribution in [0.5, 0.6) is 5.75 Å². The molecule has 120 valence electrons. The van der Waals surface area contributed by atoms with E-state index in [4.69, 9.17) is 16.3 Å². The Morgan fingerprint density at radius 2 is 2.00 bits per heavy atom. The van der Waals surface area contributed by atoms with Crippen LogP contribution in [0.15, 0.2) is 17.7 Å². The Labute approximate surface area is 158 Å². The molecule has 2 rings (SSSR count). The Morgan fingerprint density at radius 3 is 2.48 bits per heavy atom. The van der Waals surface area contributed by atoms with E-state index in [1.807, 2.05) is 13.8 Å². The molecule has 0 aromatic heterocycles. The maximum Gasteiger partial charge on any atom is 1.00 e. The summed E-state index contributed by atoms with van der Waals surface area (Å²) in [5, 5.41) is 11.3. The van der Waals surface area contributed by atoms with Crippen molar-refractivity contribution in [2.75, 3.05) is 0 Å². The molecule has 8 heteroatoms. The predicted molar refractivity (Wildman–Crippen MR) is 73.4 cm³/mol. The minimum Gasteiger partial charge on any atom is -0.545 e. The minimum atomic E-state index is -4.85. The van der Waals surface area contributed by atoms with Crippen molar-refractivity contribution in [1.29, 1.82) is 0 Å². The summed E-state index contributed by atoms with van der Waals surface area (Å²) < 4.78 is 43.7. The number of carboxylic acid groups (broad SMARTS) is 1. The first-order valence-electron chi connectivity index (χ1n) is 6.58. The molecule has 0 saturated carbocycles. The number of carbonyl (C=O) groups is 1. The van der Waals surface area contributed by atoms with Gasteiger partial charge < -0.3 is 14.6 Å². The van der Waals surface area contributed by atoms with Gasteiger partial charge in [-0.2, -0.15) is 13.2 Å². The normalized spacial score (nSPS) is 17.0. The third-order valence-corrected chi connectivity index (χ3v) is 3.53. The number of benzene rings is 1. The quantitative estimate of drug-likeness (QED) is 0.716. The van der Waals surface area contributed by atoms with Gasteiger partial charge in [-0.3, -0.25) is 0 Å². The van der Waals surface area contributed by atoms with E-state index < -0.39 is 23.8 Å². The first-order chi connectivity index (χ1) is 10.1. The Balaban J connectivity index is 0.00000264. The van der Waals surface area contributed by atoms with Gasteiger partial charge >= 0.3 is 35.7 Å². The van der Waals surface area contributed by atoms with Crippen LogP contribution in [-0.4, -0.2) is 18.2 Å². The van der Waals surface area contributed by atoms with Gasteiger partial charge in [0.15, 0.2) is 0 Å². The van der Waals surface area contributed by atoms with Gasteiger partial charge in [0.05, 0.1) is 5.97 Å². The van der Waals surface area contributed by atoms with E-state index >= 15 is 0 Å². The van der Waals surface area contributed by atoms with Crippen molar-refractivity contribution >= 4 is 23.6 Å². The summed E-state index contributed by atoms with van der Waals surface area (Å²) in [5.74, 6) is -1.70. The van der Waals surface area contributed by atoms with Crippen molar-refractivity contribution < 1.29 is 57.4 Å². The van der Waals surface area contributed by atoms with Crippen molar-refractivity contribution in [2.45, 2.75) is 32.5 Å². The van der Waals surface area contributed by atoms with Gasteiger partial charge in [-0.05, 0) is 36.1 Å². The zero-order valence-electron chi connectivity index (χ0n) is 12.8. The predicted octanol–water partition coefficient (Wildman–Crippen LogP) is -0.000900. The molecule has 3 nitrogen and oxygen atoms in total. The van der Waals surface area contributed by atoms with Gasteiger partial charge in [0.1, 0.15) is 5.75 Å². The van der Waals surface area contributed by atoms with Crippen LogP contribution >= 0.6 is 11.6 Å². The second-order valence-corrected chi connectivity index (χ2v) is 5.91. The molecule has 1 aliphatic heterocycles. The summed E-state index contributed by atoms with van der Waals surface area (Å²) in [7, 11) is 0. The summed E-state index contributed by atoms with van der Waals surface area (Å²) in [6.07, 6.45) is -5.92. The number of halogens is 4. The molecule has 23 heavy (non-hydrogen) atoms. The Hall–Kier alpha value is -0.690. The molecule has 0 N–H and O–H groups in total. The fourth-order valence-corrected chi connectivity index (χ4v) is 2.51. The van der Waals surface area contributed by atoms with Crippen LogP contribution in [0.4, 0.5) is 13.2 Å². The standard InChI is InChI=1S/C15H14ClF3O3.Na/c1-7(2)3-8-6-12-9(5-11(8)16)4-10(14(20)21)13(22-12)15(17,18)19;/h4-7,13H,3H2,1-2H3,(H,20,21);/q;+1/p-1/t13-;/m1./s1. The van der Waals surface area contributed by atoms with Crippen LogP contribution in [-0.2, 0) is 11.2 Å². The first-order valence-corrected chi connectivity index (χ1v) is 6.96. The average molecular weight is 357 g/mol. The largest absolute Gasteiger partial charge is 1.00 e. The number of hydrogen-bond donors (Lipinski definition) is 0. The molecule has 1 atom stereocenters. The van der Waals surface area contributed by atoms with Crippen molar-refractivity contribution in [3.8, 4) is 5.75 Å². The maximum absolute atomic E-state index is 13.0. The third kappa shape index (κ3) is 4.66. The molecule has 0 bridgehead atoms. The second-order valence-electron chi connectivity index (χ2n) is 5.51. The number of fused-ring (bicyclic) bond motifs is 1. The van der Waals surface area contributed by atoms with Gasteiger partial charge in [-0.15, -0.1) is 0 Å². The number of rotatable bonds is 3. The molecule has 1 aliphatic rings. The van der Waals surface area contributed by atoms with E-state index in [1.54, 1.807) is 0 Å². The Kier molecular flexibility index (Phi) is 6.61. The molecular weight excluding hydrogens is 344 g/mol. The van der Waals surface area contributed by atoms with Gasteiger partial charge in [0.2, 0.25) is 6.10 Å². The Bertz CT molecular complexity index is 642. The summed E-state index contributed by atoms with van der Waals surface area (Å²) >= 11 is 6.09. The smallest absolute Gasteiger partial charge is 0.545 e. The molecule has 1 aromatic carbocycles. The molecular formula is C15H13ClF3NaO3. The van der Waals surface area contributed by atoms with Crippen LogP contribution in [0, 0.1) is 5.92 Å². The number of alkyl halides is 3. The SMILES string of the molecule is CC(C)Cc1cc2c(cc1Cl)C=C(C(=O)[O-])[C@H](C(F)(F)F)O2.[Na+]. The van der Waals surface area contributed by atoms with Crippen LogP contribution < -0.4 is 39.4 Å². The van der Waals surface area contributed by atoms with E-state index in [0.29, 0.717) is 17.0 Å². The minimum absolute atomic E-state index is 0. The van der Waals surface area contributed by atoms with Gasteiger partial charge in [-0.1, -0.05) is 25.4 Å². The summed E-state index contributed by atoms with van der Waals surface area (Å²) in [4.78, 5) is 10.9. The first kappa shape index (κ1) is 20.4. The molecule has 0 amide bonds. The van der Waals surface area contributed by atoms with Gasteiger partial charge in [0, 0.05) is 16.2 Å². The number of carbonyl (C=O) groups excluding carboxylic acids is 1. The van der Waals surface area contributed by atoms with Crippen LogP contribution in [0.3, 0.4) is 0 Å². The monoisotopic (exact) mass is 356 g/mol. The second kappa shape index (κ2) is 7.47. The van der Waals surface area contributed by atoms with Crippen molar-refractivity contribution in [3.63, 3.8) is 0 Å². The number of aliphatic carboxylic acids is 1. The van der Waals surface area contributed by atoms with Gasteiger partial charge in [-0.25, -0.2) is 0 Å². The number of carboxylic acids is 1. The summed E-state index contributed by atoms with van der Waals surface area (Å²) in [5.41, 5.74) is -0.119. The third-order valence-electron chi connectivity index (χ3n) is 3.18. The van der Waals surface area contributed by atoms with E-state index in [1.165, 1.54) is 12.1 Å². The molecule has 0 fully saturated rings. The van der Waals surface area contributed by atoms with Gasteiger partial charge in [0.25, 0.3) is 0 Å². The zero-order chi connectivity index (χ0) is 16.7. The average Bonchev–Trinajstić information content (AvgIpc) is 2.36. The summed E-state index contributed by atoms with van der Waals surface area (Å²) in [6.45, 7) is 3.90. The van der Waals surface area contributed by atoms with Crippen LogP contribution in [0.1, 0.15) is 25.0 Å². The number of hydrogen-bond acceptors (Lipinski definition) is 3. The topological polar surface area (TPSA) is 49.4 Å². The molecule has 0 spiro atoms. The van der Waals surface area contributed by atoms with Crippen molar-refractivity contribution in [3.05, 3.63) is 33.9 Å². The van der Waals surface area contributed by atoms with E-state index in [0.717, 1.165) is 6.08 Å². The van der Waals surface area contributed by atoms with Crippen molar-refractivity contribution in [1.82, 2.24) is 0 Å². The maximum atomic E-state index is 13.0. The van der Waals surface area contributed by atoms with Crippen LogP contribution in [0.25, 0.3) is 6.08 Å². The fourth-order valence-electron chi connectivity index (χ4n) is 2.26. The van der Waals surface area contributed by atoms with Crippen molar-refractivity contribution in [2.24, 2.45) is 5.92 Å². The number of ether oxygens (including phenoxy) is 1. The van der Waals surface area contributed by atoms with E-state index in [-0.39, 0.29) is 46.8 Å². The molecule has 0 saturated heterocycles. The fraction of sp³-hybridized carbons (Fsp3) is 0.400. The van der Waals surface area contributed by atoms with E-state index in [2.05, 4.69) is 0 Å². The molecule has 1 heterocycles. The zero-order valence-corrected chi connectivity index (χ0v) is 15.6. The molecule has 0 aliphatic carbocycles. The van der Waals surface area contributed by atoms with Crippen LogP contribution in [0.2, 0.25) is 5.02 Å². The van der Waals surface area contributed by atoms with E-state index in [9.17, 15) is 23.1 Å². The molecule has 0 unspecified atom stereocenters. The summed E-state index contributed by atoms with van der Waals surface area (Å²) in [6, 6.07) is 2.84.